The van der Waals surface area contributed by atoms with Crippen molar-refractivity contribution in [1.82, 2.24) is 9.97 Å². The Hall–Kier alpha value is -1.30. The SMILES string of the molecule is CS(=O)Cc1ncncc1C(=O)O. The predicted octanol–water partition coefficient (Wildman–Crippen LogP) is 0.0533. The third kappa shape index (κ3) is 2.59. The van der Waals surface area contributed by atoms with Crippen molar-refractivity contribution in [2.45, 2.75) is 5.75 Å². The van der Waals surface area contributed by atoms with Gasteiger partial charge in [0.15, 0.2) is 0 Å². The minimum Gasteiger partial charge on any atom is -0.478 e. The molecular formula is C7H8N2O3S. The second-order valence-corrected chi connectivity index (χ2v) is 3.84. The Kier molecular flexibility index (Phi) is 3.07. The van der Waals surface area contributed by atoms with Gasteiger partial charge in [-0.25, -0.2) is 14.8 Å². The summed E-state index contributed by atoms with van der Waals surface area (Å²) in [4.78, 5) is 18.0. The molecule has 5 nitrogen and oxygen atoms in total. The first kappa shape index (κ1) is 9.79. The van der Waals surface area contributed by atoms with Crippen LogP contribution in [0.5, 0.6) is 0 Å². The largest absolute Gasteiger partial charge is 0.478 e. The summed E-state index contributed by atoms with van der Waals surface area (Å²) in [7, 11) is -1.10. The molecule has 0 spiro atoms. The molecule has 0 amide bonds. The summed E-state index contributed by atoms with van der Waals surface area (Å²) >= 11 is 0. The number of carboxylic acids is 1. The van der Waals surface area contributed by atoms with Crippen molar-refractivity contribution in [2.75, 3.05) is 6.26 Å². The van der Waals surface area contributed by atoms with Crippen molar-refractivity contribution >= 4 is 16.8 Å². The van der Waals surface area contributed by atoms with Gasteiger partial charge in [-0.15, -0.1) is 0 Å². The van der Waals surface area contributed by atoms with Crippen LogP contribution in [0.25, 0.3) is 0 Å². The summed E-state index contributed by atoms with van der Waals surface area (Å²) in [6.45, 7) is 0. The smallest absolute Gasteiger partial charge is 0.339 e. The molecule has 0 saturated carbocycles. The monoisotopic (exact) mass is 200 g/mol. The van der Waals surface area contributed by atoms with Gasteiger partial charge in [0.1, 0.15) is 11.9 Å². The first-order valence-electron chi connectivity index (χ1n) is 3.43. The number of carbonyl (C=O) groups is 1. The minimum absolute atomic E-state index is 0.0118. The lowest BCUT2D eigenvalue weighted by molar-refractivity contribution is 0.0695. The Morgan fingerprint density at radius 3 is 2.92 bits per heavy atom. The average molecular weight is 200 g/mol. The van der Waals surface area contributed by atoms with Crippen LogP contribution < -0.4 is 0 Å². The molecule has 0 saturated heterocycles. The number of aromatic nitrogens is 2. The number of carboxylic acid groups (broad SMARTS) is 1. The lowest BCUT2D eigenvalue weighted by Gasteiger charge is -2.00. The normalized spacial score (nSPS) is 12.4. The second kappa shape index (κ2) is 4.08. The molecule has 70 valence electrons. The highest BCUT2D eigenvalue weighted by Crippen LogP contribution is 2.05. The van der Waals surface area contributed by atoms with Gasteiger partial charge in [0, 0.05) is 23.3 Å². The van der Waals surface area contributed by atoms with Gasteiger partial charge in [-0.2, -0.15) is 0 Å². The Labute approximate surface area is 77.3 Å². The van der Waals surface area contributed by atoms with Gasteiger partial charge in [0.05, 0.1) is 11.4 Å². The predicted molar refractivity (Wildman–Crippen MR) is 46.8 cm³/mol. The van der Waals surface area contributed by atoms with E-state index in [4.69, 9.17) is 5.11 Å². The summed E-state index contributed by atoms with van der Waals surface area (Å²) in [5.41, 5.74) is 0.320. The van der Waals surface area contributed by atoms with E-state index in [1.165, 1.54) is 18.8 Å². The van der Waals surface area contributed by atoms with Crippen molar-refractivity contribution in [3.05, 3.63) is 23.8 Å². The van der Waals surface area contributed by atoms with Crippen molar-refractivity contribution in [3.8, 4) is 0 Å². The highest BCUT2D eigenvalue weighted by Gasteiger charge is 2.11. The topological polar surface area (TPSA) is 80.2 Å². The van der Waals surface area contributed by atoms with E-state index in [9.17, 15) is 9.00 Å². The molecule has 0 aliphatic heterocycles. The van der Waals surface area contributed by atoms with Gasteiger partial charge in [-0.3, -0.25) is 4.21 Å². The Morgan fingerprint density at radius 2 is 2.38 bits per heavy atom. The van der Waals surface area contributed by atoms with Crippen LogP contribution in [0.15, 0.2) is 12.5 Å². The van der Waals surface area contributed by atoms with E-state index in [1.807, 2.05) is 0 Å². The highest BCUT2D eigenvalue weighted by atomic mass is 32.2. The van der Waals surface area contributed by atoms with Gasteiger partial charge in [0.2, 0.25) is 0 Å². The summed E-state index contributed by atoms with van der Waals surface area (Å²) in [5.74, 6) is -0.953. The van der Waals surface area contributed by atoms with E-state index in [0.717, 1.165) is 0 Å². The molecule has 1 aromatic heterocycles. The van der Waals surface area contributed by atoms with Gasteiger partial charge in [-0.1, -0.05) is 0 Å². The van der Waals surface area contributed by atoms with Crippen molar-refractivity contribution in [2.24, 2.45) is 0 Å². The molecule has 1 N–H and O–H groups in total. The maximum atomic E-state index is 10.8. The molecule has 0 aromatic carbocycles. The zero-order valence-corrected chi connectivity index (χ0v) is 7.74. The molecule has 0 radical (unpaired) electrons. The molecule has 0 fully saturated rings. The third-order valence-corrected chi connectivity index (χ3v) is 2.05. The zero-order chi connectivity index (χ0) is 9.84. The molecule has 1 rings (SSSR count). The number of nitrogens with zero attached hydrogens (tertiary/aromatic N) is 2. The molecule has 1 unspecified atom stereocenters. The van der Waals surface area contributed by atoms with Crippen LogP contribution in [-0.2, 0) is 16.6 Å². The fourth-order valence-electron chi connectivity index (χ4n) is 0.841. The van der Waals surface area contributed by atoms with Crippen LogP contribution in [0.2, 0.25) is 0 Å². The molecule has 0 aliphatic rings. The third-order valence-electron chi connectivity index (χ3n) is 1.37. The van der Waals surface area contributed by atoms with E-state index >= 15 is 0 Å². The number of rotatable bonds is 3. The van der Waals surface area contributed by atoms with Crippen LogP contribution in [0.3, 0.4) is 0 Å². The molecule has 0 bridgehead atoms. The van der Waals surface area contributed by atoms with E-state index < -0.39 is 16.8 Å². The first-order valence-corrected chi connectivity index (χ1v) is 5.16. The van der Waals surface area contributed by atoms with Crippen LogP contribution >= 0.6 is 0 Å². The molecule has 0 aliphatic carbocycles. The van der Waals surface area contributed by atoms with Crippen LogP contribution in [0.4, 0.5) is 0 Å². The fraction of sp³-hybridized carbons (Fsp3) is 0.286. The maximum Gasteiger partial charge on any atom is 0.339 e. The lowest BCUT2D eigenvalue weighted by atomic mass is 10.2. The zero-order valence-electron chi connectivity index (χ0n) is 6.93. The van der Waals surface area contributed by atoms with E-state index in [-0.39, 0.29) is 11.3 Å². The Balaban J connectivity index is 3.04. The van der Waals surface area contributed by atoms with Crippen molar-refractivity contribution in [1.29, 1.82) is 0 Å². The second-order valence-electron chi connectivity index (χ2n) is 2.41. The fourth-order valence-corrected chi connectivity index (χ4v) is 1.46. The number of hydrogen-bond acceptors (Lipinski definition) is 4. The van der Waals surface area contributed by atoms with Crippen molar-refractivity contribution < 1.29 is 14.1 Å². The quantitative estimate of drug-likeness (QED) is 0.745. The van der Waals surface area contributed by atoms with E-state index in [2.05, 4.69) is 9.97 Å². The van der Waals surface area contributed by atoms with Crippen molar-refractivity contribution in [3.63, 3.8) is 0 Å². The molecule has 1 heterocycles. The Bertz CT molecular complexity index is 353. The van der Waals surface area contributed by atoms with Crippen LogP contribution in [0, 0.1) is 0 Å². The number of hydrogen-bond donors (Lipinski definition) is 1. The molecule has 6 heteroatoms. The number of aromatic carboxylic acids is 1. The maximum absolute atomic E-state index is 10.8. The van der Waals surface area contributed by atoms with E-state index in [1.54, 1.807) is 0 Å². The summed E-state index contributed by atoms with van der Waals surface area (Å²) in [6, 6.07) is 0. The summed E-state index contributed by atoms with van der Waals surface area (Å²) < 4.78 is 10.8. The van der Waals surface area contributed by atoms with E-state index in [0.29, 0.717) is 5.69 Å². The van der Waals surface area contributed by atoms with Crippen LogP contribution in [-0.4, -0.2) is 31.5 Å². The van der Waals surface area contributed by atoms with Gasteiger partial charge < -0.3 is 5.11 Å². The molecule has 1 aromatic rings. The van der Waals surface area contributed by atoms with Crippen LogP contribution in [0.1, 0.15) is 16.1 Å². The standard InChI is InChI=1S/C7H8N2O3S/c1-13(12)3-6-5(7(10)11)2-8-4-9-6/h2,4H,3H2,1H3,(H,10,11). The molecule has 13 heavy (non-hydrogen) atoms. The summed E-state index contributed by atoms with van der Waals surface area (Å²) in [6.07, 6.45) is 3.94. The minimum atomic E-state index is -1.10. The lowest BCUT2D eigenvalue weighted by Crippen LogP contribution is -2.07. The summed E-state index contributed by atoms with van der Waals surface area (Å²) in [5, 5.41) is 8.70. The van der Waals surface area contributed by atoms with Gasteiger partial charge in [-0.05, 0) is 0 Å². The van der Waals surface area contributed by atoms with Gasteiger partial charge >= 0.3 is 5.97 Å². The van der Waals surface area contributed by atoms with Gasteiger partial charge in [0.25, 0.3) is 0 Å². The first-order chi connectivity index (χ1) is 6.11. The average Bonchev–Trinajstić information content (AvgIpc) is 2.03. The highest BCUT2D eigenvalue weighted by molar-refractivity contribution is 7.83. The Morgan fingerprint density at radius 1 is 1.69 bits per heavy atom. The molecular weight excluding hydrogens is 192 g/mol. The molecule has 1 atom stereocenters.